The Balaban J connectivity index is 2.45. The van der Waals surface area contributed by atoms with Gasteiger partial charge in [0.25, 0.3) is 0 Å². The van der Waals surface area contributed by atoms with Crippen LogP contribution in [-0.2, 0) is 11.3 Å². The first kappa shape index (κ1) is 13.8. The Labute approximate surface area is 112 Å². The molecule has 102 valence electrons. The first-order chi connectivity index (χ1) is 8.77. The quantitative estimate of drug-likeness (QED) is 0.471. The summed E-state index contributed by atoms with van der Waals surface area (Å²) in [6.07, 6.45) is -8.27. The minimum absolute atomic E-state index is 0.164. The van der Waals surface area contributed by atoms with Crippen molar-refractivity contribution in [3.63, 3.8) is 0 Å². The predicted molar refractivity (Wildman–Crippen MR) is 57.1 cm³/mol. The molecule has 1 heterocycles. The summed E-state index contributed by atoms with van der Waals surface area (Å²) in [7, 11) is 0. The standard InChI is InChI=1S/C10H4BrF4NO3/c11-6-2-8-7(1-5(6)3-16-4-17)18-9(12,13)10(14,15)19-8/h1-2H,3H2. The smallest absolute Gasteiger partial charge is 0.421 e. The summed E-state index contributed by atoms with van der Waals surface area (Å²) < 4.78 is 59.9. The van der Waals surface area contributed by atoms with Crippen LogP contribution in [0.3, 0.4) is 0 Å². The van der Waals surface area contributed by atoms with Crippen molar-refractivity contribution < 1.29 is 31.8 Å². The largest absolute Gasteiger partial charge is 0.507 e. The molecule has 2 rings (SSSR count). The molecule has 0 radical (unpaired) electrons. The number of alkyl halides is 4. The average molecular weight is 342 g/mol. The Kier molecular flexibility index (Phi) is 3.27. The molecule has 0 amide bonds. The van der Waals surface area contributed by atoms with Crippen LogP contribution in [0.2, 0.25) is 0 Å². The highest BCUT2D eigenvalue weighted by Crippen LogP contribution is 2.48. The minimum Gasteiger partial charge on any atom is -0.421 e. The van der Waals surface area contributed by atoms with E-state index < -0.39 is 23.7 Å². The summed E-state index contributed by atoms with van der Waals surface area (Å²) >= 11 is 3.01. The zero-order chi connectivity index (χ0) is 14.3. The lowest BCUT2D eigenvalue weighted by atomic mass is 10.2. The molecule has 0 aliphatic carbocycles. The van der Waals surface area contributed by atoms with E-state index in [4.69, 9.17) is 0 Å². The second-order valence-electron chi connectivity index (χ2n) is 3.54. The number of carbonyl (C=O) groups excluding carboxylic acids is 1. The van der Waals surface area contributed by atoms with Gasteiger partial charge in [-0.25, -0.2) is 9.79 Å². The summed E-state index contributed by atoms with van der Waals surface area (Å²) in [6.45, 7) is -0.164. The van der Waals surface area contributed by atoms with Crippen LogP contribution in [0, 0.1) is 0 Å². The molecule has 1 aliphatic rings. The summed E-state index contributed by atoms with van der Waals surface area (Å²) in [4.78, 5) is 13.2. The molecule has 0 saturated carbocycles. The lowest BCUT2D eigenvalue weighted by Gasteiger charge is -2.32. The Morgan fingerprint density at radius 3 is 2.21 bits per heavy atom. The van der Waals surface area contributed by atoms with Crippen molar-refractivity contribution in [3.05, 3.63) is 22.2 Å². The van der Waals surface area contributed by atoms with E-state index in [2.05, 4.69) is 30.4 Å². The number of aliphatic imine (C=N–C) groups is 1. The molecule has 0 saturated heterocycles. The third-order valence-corrected chi connectivity index (χ3v) is 2.98. The fraction of sp³-hybridized carbons (Fsp3) is 0.300. The maximum absolute atomic E-state index is 13.0. The Morgan fingerprint density at radius 2 is 1.68 bits per heavy atom. The van der Waals surface area contributed by atoms with Gasteiger partial charge in [-0.05, 0) is 17.7 Å². The number of fused-ring (bicyclic) bond motifs is 1. The highest BCUT2D eigenvalue weighted by molar-refractivity contribution is 9.10. The first-order valence-corrected chi connectivity index (χ1v) is 5.56. The van der Waals surface area contributed by atoms with Crippen molar-refractivity contribution in [2.75, 3.05) is 0 Å². The zero-order valence-corrected chi connectivity index (χ0v) is 10.5. The van der Waals surface area contributed by atoms with E-state index in [1.165, 1.54) is 6.08 Å². The Morgan fingerprint density at radius 1 is 1.16 bits per heavy atom. The van der Waals surface area contributed by atoms with Crippen LogP contribution < -0.4 is 9.47 Å². The molecule has 0 atom stereocenters. The van der Waals surface area contributed by atoms with Gasteiger partial charge in [0.05, 0.1) is 6.54 Å². The van der Waals surface area contributed by atoms with Crippen LogP contribution in [0.15, 0.2) is 21.6 Å². The first-order valence-electron chi connectivity index (χ1n) is 4.76. The fourth-order valence-corrected chi connectivity index (χ4v) is 1.82. The van der Waals surface area contributed by atoms with E-state index in [1.807, 2.05) is 0 Å². The third kappa shape index (κ3) is 2.43. The van der Waals surface area contributed by atoms with E-state index in [0.717, 1.165) is 12.1 Å². The van der Waals surface area contributed by atoms with Crippen LogP contribution in [0.25, 0.3) is 0 Å². The Bertz CT molecular complexity index is 572. The number of nitrogens with zero attached hydrogens (tertiary/aromatic N) is 1. The maximum atomic E-state index is 13.0. The van der Waals surface area contributed by atoms with Crippen molar-refractivity contribution in [1.29, 1.82) is 0 Å². The van der Waals surface area contributed by atoms with Crippen LogP contribution in [0.4, 0.5) is 17.6 Å². The van der Waals surface area contributed by atoms with E-state index in [0.29, 0.717) is 0 Å². The molecule has 0 fully saturated rings. The monoisotopic (exact) mass is 341 g/mol. The summed E-state index contributed by atoms with van der Waals surface area (Å²) in [5, 5.41) is 0. The fourth-order valence-electron chi connectivity index (χ4n) is 1.37. The second kappa shape index (κ2) is 4.50. The van der Waals surface area contributed by atoms with Gasteiger partial charge in [-0.1, -0.05) is 15.9 Å². The summed E-state index contributed by atoms with van der Waals surface area (Å²) in [6, 6.07) is 2.07. The number of isocyanates is 1. The SMILES string of the molecule is O=C=NCc1cc2c(cc1Br)OC(F)(F)C(F)(F)O2. The molecule has 0 aromatic heterocycles. The molecule has 4 nitrogen and oxygen atoms in total. The van der Waals surface area contributed by atoms with Crippen molar-refractivity contribution in [3.8, 4) is 11.5 Å². The molecule has 19 heavy (non-hydrogen) atoms. The molecule has 0 bridgehead atoms. The number of hydrogen-bond donors (Lipinski definition) is 0. The van der Waals surface area contributed by atoms with Gasteiger partial charge in [0.15, 0.2) is 11.5 Å². The minimum atomic E-state index is -4.78. The molecule has 0 N–H and O–H groups in total. The lowest BCUT2D eigenvalue weighted by Crippen LogP contribution is -2.52. The van der Waals surface area contributed by atoms with Gasteiger partial charge >= 0.3 is 12.2 Å². The van der Waals surface area contributed by atoms with Gasteiger partial charge in [0.1, 0.15) is 0 Å². The van der Waals surface area contributed by atoms with E-state index in [-0.39, 0.29) is 16.6 Å². The Hall–Kier alpha value is -1.60. The molecule has 0 spiro atoms. The van der Waals surface area contributed by atoms with Crippen LogP contribution in [0.5, 0.6) is 11.5 Å². The van der Waals surface area contributed by atoms with Crippen molar-refractivity contribution in [1.82, 2.24) is 0 Å². The topological polar surface area (TPSA) is 47.9 Å². The van der Waals surface area contributed by atoms with Crippen molar-refractivity contribution in [2.24, 2.45) is 4.99 Å². The third-order valence-electron chi connectivity index (χ3n) is 2.24. The number of rotatable bonds is 2. The van der Waals surface area contributed by atoms with Crippen LogP contribution >= 0.6 is 15.9 Å². The molecular weight excluding hydrogens is 338 g/mol. The van der Waals surface area contributed by atoms with Gasteiger partial charge in [-0.2, -0.15) is 17.6 Å². The molecule has 9 heteroatoms. The normalized spacial score (nSPS) is 18.6. The van der Waals surface area contributed by atoms with E-state index >= 15 is 0 Å². The van der Waals surface area contributed by atoms with E-state index in [9.17, 15) is 22.4 Å². The predicted octanol–water partition coefficient (Wildman–Crippen LogP) is 3.24. The van der Waals surface area contributed by atoms with Crippen molar-refractivity contribution in [2.45, 2.75) is 18.8 Å². The highest BCUT2D eigenvalue weighted by atomic mass is 79.9. The van der Waals surface area contributed by atoms with Gasteiger partial charge in [-0.3, -0.25) is 0 Å². The molecule has 0 unspecified atom stereocenters. The van der Waals surface area contributed by atoms with Gasteiger partial charge in [0.2, 0.25) is 6.08 Å². The summed E-state index contributed by atoms with van der Waals surface area (Å²) in [5.41, 5.74) is 0.284. The molecular formula is C10H4BrF4NO3. The number of benzene rings is 1. The van der Waals surface area contributed by atoms with Crippen molar-refractivity contribution >= 4 is 22.0 Å². The highest BCUT2D eigenvalue weighted by Gasteiger charge is 2.66. The summed E-state index contributed by atoms with van der Waals surface area (Å²) in [5.74, 6) is -1.10. The van der Waals surface area contributed by atoms with Crippen LogP contribution in [0.1, 0.15) is 5.56 Å². The van der Waals surface area contributed by atoms with E-state index in [1.54, 1.807) is 0 Å². The van der Waals surface area contributed by atoms with Crippen LogP contribution in [-0.4, -0.2) is 18.3 Å². The molecule has 1 aliphatic heterocycles. The zero-order valence-electron chi connectivity index (χ0n) is 8.92. The lowest BCUT2D eigenvalue weighted by molar-refractivity contribution is -0.391. The van der Waals surface area contributed by atoms with Gasteiger partial charge in [-0.15, -0.1) is 0 Å². The molecule has 1 aromatic carbocycles. The number of halogens is 5. The number of hydrogen-bond acceptors (Lipinski definition) is 4. The number of ether oxygens (including phenoxy) is 2. The second-order valence-corrected chi connectivity index (χ2v) is 4.39. The maximum Gasteiger partial charge on any atom is 0.507 e. The van der Waals surface area contributed by atoms with Gasteiger partial charge < -0.3 is 9.47 Å². The average Bonchev–Trinajstić information content (AvgIpc) is 2.28. The van der Waals surface area contributed by atoms with Gasteiger partial charge in [0, 0.05) is 4.47 Å². The molecule has 1 aromatic rings.